The molecule has 0 spiro atoms. The highest BCUT2D eigenvalue weighted by molar-refractivity contribution is 7.98. The van der Waals surface area contributed by atoms with Crippen LogP contribution in [0.15, 0.2) is 83.9 Å². The molecule has 3 nitrogen and oxygen atoms in total. The molecule has 1 aromatic heterocycles. The molecule has 0 fully saturated rings. The molecule has 1 amide bonds. The van der Waals surface area contributed by atoms with E-state index in [9.17, 15) is 9.18 Å². The second kappa shape index (κ2) is 9.74. The molecule has 0 aliphatic rings. The minimum atomic E-state index is -0.564. The van der Waals surface area contributed by atoms with E-state index in [1.807, 2.05) is 30.5 Å². The fraction of sp³-hybridized carbons (Fsp3) is 0.0400. The summed E-state index contributed by atoms with van der Waals surface area (Å²) in [6.45, 7) is 0. The predicted octanol–water partition coefficient (Wildman–Crippen LogP) is 7.84. The number of carbonyl (C=O) groups is 1. The van der Waals surface area contributed by atoms with E-state index in [2.05, 4.69) is 10.3 Å². The number of halogens is 3. The minimum absolute atomic E-state index is 0.00103. The Bertz CT molecular complexity index is 1300. The van der Waals surface area contributed by atoms with E-state index in [-0.39, 0.29) is 16.5 Å². The van der Waals surface area contributed by atoms with Crippen molar-refractivity contribution in [3.63, 3.8) is 0 Å². The van der Waals surface area contributed by atoms with Crippen molar-refractivity contribution in [1.82, 2.24) is 4.98 Å². The number of benzene rings is 3. The summed E-state index contributed by atoms with van der Waals surface area (Å²) in [4.78, 5) is 18.4. The van der Waals surface area contributed by atoms with Gasteiger partial charge in [0.1, 0.15) is 5.82 Å². The van der Waals surface area contributed by atoms with Gasteiger partial charge in [0.25, 0.3) is 5.91 Å². The Morgan fingerprint density at radius 1 is 0.906 bits per heavy atom. The molecule has 4 aromatic rings. The lowest BCUT2D eigenvalue weighted by Crippen LogP contribution is -2.13. The Kier molecular flexibility index (Phi) is 6.80. The predicted molar refractivity (Wildman–Crippen MR) is 131 cm³/mol. The standard InChI is InChI=1S/C25H17Cl2FN2OS/c1-32-16-9-10-18(19(14-16)17-5-4-6-22(27)24(17)28)25(31)30-15-8-11-21(26)20(13-15)23-7-2-3-12-29-23/h2-14H,1H3,(H,30,31). The average molecular weight is 483 g/mol. The molecule has 7 heteroatoms. The number of anilines is 1. The summed E-state index contributed by atoms with van der Waals surface area (Å²) in [6.07, 6.45) is 3.59. The van der Waals surface area contributed by atoms with Gasteiger partial charge < -0.3 is 5.32 Å². The zero-order valence-corrected chi connectivity index (χ0v) is 19.2. The monoisotopic (exact) mass is 482 g/mol. The van der Waals surface area contributed by atoms with Gasteiger partial charge in [-0.3, -0.25) is 9.78 Å². The fourth-order valence-electron chi connectivity index (χ4n) is 3.30. The number of hydrogen-bond acceptors (Lipinski definition) is 3. The van der Waals surface area contributed by atoms with Gasteiger partial charge in [0, 0.05) is 33.5 Å². The summed E-state index contributed by atoms with van der Waals surface area (Å²) in [7, 11) is 0. The Hall–Kier alpha value is -2.86. The van der Waals surface area contributed by atoms with Crippen molar-refractivity contribution in [2.75, 3.05) is 11.6 Å². The second-order valence-electron chi connectivity index (χ2n) is 6.88. The molecule has 160 valence electrons. The summed E-state index contributed by atoms with van der Waals surface area (Å²) < 4.78 is 14.8. The molecular formula is C25H17Cl2FN2OS. The molecule has 32 heavy (non-hydrogen) atoms. The van der Waals surface area contributed by atoms with Crippen LogP contribution in [0.4, 0.5) is 10.1 Å². The number of nitrogens with one attached hydrogen (secondary N) is 1. The molecule has 0 aliphatic carbocycles. The number of hydrogen-bond donors (Lipinski definition) is 1. The third-order valence-corrected chi connectivity index (χ3v) is 6.23. The van der Waals surface area contributed by atoms with Gasteiger partial charge in [-0.1, -0.05) is 41.4 Å². The van der Waals surface area contributed by atoms with Crippen molar-refractivity contribution in [3.05, 3.63) is 100 Å². The fourth-order valence-corrected chi connectivity index (χ4v) is 4.13. The van der Waals surface area contributed by atoms with Crippen LogP contribution in [-0.2, 0) is 0 Å². The van der Waals surface area contributed by atoms with Crippen LogP contribution in [0.5, 0.6) is 0 Å². The minimum Gasteiger partial charge on any atom is -0.322 e. The topological polar surface area (TPSA) is 42.0 Å². The first-order chi connectivity index (χ1) is 15.5. The first kappa shape index (κ1) is 22.3. The molecule has 0 saturated carbocycles. The van der Waals surface area contributed by atoms with Gasteiger partial charge in [-0.2, -0.15) is 0 Å². The van der Waals surface area contributed by atoms with Crippen molar-refractivity contribution in [2.45, 2.75) is 4.90 Å². The van der Waals surface area contributed by atoms with Gasteiger partial charge in [0.15, 0.2) is 0 Å². The molecule has 0 saturated heterocycles. The molecule has 0 aliphatic heterocycles. The Labute approximate surface area is 199 Å². The molecule has 0 atom stereocenters. The third-order valence-electron chi connectivity index (χ3n) is 4.88. The van der Waals surface area contributed by atoms with Gasteiger partial charge in [-0.05, 0) is 66.4 Å². The summed E-state index contributed by atoms with van der Waals surface area (Å²) in [5.41, 5.74) is 3.01. The van der Waals surface area contributed by atoms with Gasteiger partial charge >= 0.3 is 0 Å². The number of pyridine rings is 1. The SMILES string of the molecule is CSc1ccc(C(=O)Nc2ccc(Cl)c(-c3ccccn3)c2)c(-c2cccc(Cl)c2F)c1. The van der Waals surface area contributed by atoms with Crippen LogP contribution in [0.3, 0.4) is 0 Å². The van der Waals surface area contributed by atoms with E-state index in [0.717, 1.165) is 4.90 Å². The first-order valence-electron chi connectivity index (χ1n) is 9.62. The van der Waals surface area contributed by atoms with E-state index in [4.69, 9.17) is 23.2 Å². The van der Waals surface area contributed by atoms with Crippen LogP contribution < -0.4 is 5.32 Å². The zero-order chi connectivity index (χ0) is 22.7. The highest BCUT2D eigenvalue weighted by Crippen LogP contribution is 2.34. The number of aromatic nitrogens is 1. The van der Waals surface area contributed by atoms with E-state index >= 15 is 0 Å². The maximum Gasteiger partial charge on any atom is 0.256 e. The average Bonchev–Trinajstić information content (AvgIpc) is 2.82. The van der Waals surface area contributed by atoms with Gasteiger partial charge in [0.2, 0.25) is 0 Å². The number of amides is 1. The van der Waals surface area contributed by atoms with E-state index < -0.39 is 5.82 Å². The van der Waals surface area contributed by atoms with Gasteiger partial charge in [-0.25, -0.2) is 4.39 Å². The van der Waals surface area contributed by atoms with Crippen LogP contribution in [0.2, 0.25) is 10.0 Å². The van der Waals surface area contributed by atoms with Crippen LogP contribution in [0.1, 0.15) is 10.4 Å². The maximum absolute atomic E-state index is 14.8. The molecule has 1 heterocycles. The molecule has 1 N–H and O–H groups in total. The molecule has 4 rings (SSSR count). The number of rotatable bonds is 5. The summed E-state index contributed by atoms with van der Waals surface area (Å²) in [5.74, 6) is -0.938. The first-order valence-corrected chi connectivity index (χ1v) is 11.6. The summed E-state index contributed by atoms with van der Waals surface area (Å²) in [6, 6.07) is 20.7. The Morgan fingerprint density at radius 2 is 1.75 bits per heavy atom. The zero-order valence-electron chi connectivity index (χ0n) is 16.9. The van der Waals surface area contributed by atoms with Crippen LogP contribution in [0, 0.1) is 5.82 Å². The van der Waals surface area contributed by atoms with Crippen molar-refractivity contribution in [2.24, 2.45) is 0 Å². The van der Waals surface area contributed by atoms with Gasteiger partial charge in [-0.15, -0.1) is 11.8 Å². The molecule has 0 bridgehead atoms. The maximum atomic E-state index is 14.8. The molecule has 0 radical (unpaired) electrons. The lowest BCUT2D eigenvalue weighted by Gasteiger charge is -2.14. The normalized spacial score (nSPS) is 10.8. The largest absolute Gasteiger partial charge is 0.322 e. The second-order valence-corrected chi connectivity index (χ2v) is 8.57. The lowest BCUT2D eigenvalue weighted by molar-refractivity contribution is 0.102. The Morgan fingerprint density at radius 3 is 2.50 bits per heavy atom. The van der Waals surface area contributed by atoms with Crippen molar-refractivity contribution < 1.29 is 9.18 Å². The highest BCUT2D eigenvalue weighted by Gasteiger charge is 2.18. The molecule has 3 aromatic carbocycles. The lowest BCUT2D eigenvalue weighted by atomic mass is 9.98. The highest BCUT2D eigenvalue weighted by atomic mass is 35.5. The van der Waals surface area contributed by atoms with Crippen LogP contribution in [0.25, 0.3) is 22.4 Å². The van der Waals surface area contributed by atoms with Crippen LogP contribution >= 0.6 is 35.0 Å². The quantitative estimate of drug-likeness (QED) is 0.294. The smallest absolute Gasteiger partial charge is 0.256 e. The third kappa shape index (κ3) is 4.65. The molecule has 0 unspecified atom stereocenters. The van der Waals surface area contributed by atoms with E-state index in [1.165, 1.54) is 17.8 Å². The summed E-state index contributed by atoms with van der Waals surface area (Å²) in [5, 5.41) is 3.41. The van der Waals surface area contributed by atoms with Crippen molar-refractivity contribution in [1.29, 1.82) is 0 Å². The summed E-state index contributed by atoms with van der Waals surface area (Å²) >= 11 is 13.8. The van der Waals surface area contributed by atoms with Gasteiger partial charge in [0.05, 0.1) is 15.7 Å². The van der Waals surface area contributed by atoms with Crippen LogP contribution in [-0.4, -0.2) is 17.1 Å². The molecular weight excluding hydrogens is 466 g/mol. The van der Waals surface area contributed by atoms with E-state index in [0.29, 0.717) is 33.1 Å². The Balaban J connectivity index is 1.73. The van der Waals surface area contributed by atoms with Crippen molar-refractivity contribution in [3.8, 4) is 22.4 Å². The van der Waals surface area contributed by atoms with Crippen molar-refractivity contribution >= 4 is 46.6 Å². The number of thioether (sulfide) groups is 1. The number of carbonyl (C=O) groups excluding carboxylic acids is 1. The number of nitrogens with zero attached hydrogens (tertiary/aromatic N) is 1. The van der Waals surface area contributed by atoms with E-state index in [1.54, 1.807) is 48.7 Å².